The van der Waals surface area contributed by atoms with E-state index in [0.717, 1.165) is 52.2 Å². The molecule has 2 heterocycles. The van der Waals surface area contributed by atoms with Gasteiger partial charge in [0.25, 0.3) is 0 Å². The zero-order valence-corrected chi connectivity index (χ0v) is 8.00. The number of likely N-dealkylation sites (tertiary alicyclic amines) is 1. The molecule has 2 fully saturated rings. The van der Waals surface area contributed by atoms with Crippen molar-refractivity contribution in [1.29, 1.82) is 0 Å². The highest BCUT2D eigenvalue weighted by Gasteiger charge is 2.40. The van der Waals surface area contributed by atoms with Crippen molar-refractivity contribution in [3.05, 3.63) is 0 Å². The molecule has 2 aliphatic heterocycles. The number of hydrogen-bond acceptors (Lipinski definition) is 4. The van der Waals surface area contributed by atoms with Gasteiger partial charge in [0.2, 0.25) is 0 Å². The van der Waals surface area contributed by atoms with Crippen molar-refractivity contribution in [3.63, 3.8) is 0 Å². The summed E-state index contributed by atoms with van der Waals surface area (Å²) in [7, 11) is 0. The lowest BCUT2D eigenvalue weighted by Crippen LogP contribution is -2.50. The number of piperidine rings is 1. The Labute approximate surface area is 79.0 Å². The molecule has 0 amide bonds. The van der Waals surface area contributed by atoms with Gasteiger partial charge in [-0.05, 0) is 13.0 Å². The average Bonchev–Trinajstić information content (AvgIpc) is 2.54. The molecule has 76 valence electrons. The molecule has 0 bridgehead atoms. The Bertz CT molecular complexity index is 167. The molecule has 0 atom stereocenters. The lowest BCUT2D eigenvalue weighted by molar-refractivity contribution is -0.188. The second-order valence-electron chi connectivity index (χ2n) is 3.78. The highest BCUT2D eigenvalue weighted by molar-refractivity contribution is 4.83. The van der Waals surface area contributed by atoms with Crippen LogP contribution >= 0.6 is 0 Å². The van der Waals surface area contributed by atoms with Crippen LogP contribution in [0.15, 0.2) is 0 Å². The van der Waals surface area contributed by atoms with Crippen LogP contribution in [0.3, 0.4) is 0 Å². The van der Waals surface area contributed by atoms with Crippen molar-refractivity contribution in [2.45, 2.75) is 18.6 Å². The van der Waals surface area contributed by atoms with E-state index in [0.29, 0.717) is 0 Å². The molecule has 4 nitrogen and oxygen atoms in total. The summed E-state index contributed by atoms with van der Waals surface area (Å²) in [4.78, 5) is 2.33. The van der Waals surface area contributed by atoms with Crippen LogP contribution in [0.1, 0.15) is 12.8 Å². The summed E-state index contributed by atoms with van der Waals surface area (Å²) in [6, 6.07) is 0. The highest BCUT2D eigenvalue weighted by atomic mass is 16.7. The van der Waals surface area contributed by atoms with Gasteiger partial charge < -0.3 is 15.2 Å². The normalized spacial score (nSPS) is 28.4. The molecule has 0 aromatic heterocycles. The second-order valence-corrected chi connectivity index (χ2v) is 3.78. The van der Waals surface area contributed by atoms with Gasteiger partial charge in [-0.15, -0.1) is 0 Å². The van der Waals surface area contributed by atoms with Gasteiger partial charge in [-0.1, -0.05) is 0 Å². The topological polar surface area (TPSA) is 47.7 Å². The third-order valence-electron chi connectivity index (χ3n) is 2.76. The SMILES string of the molecule is NCCN1CCCC2(C1)OCCO2. The van der Waals surface area contributed by atoms with Crippen LogP contribution in [-0.4, -0.2) is 50.1 Å². The van der Waals surface area contributed by atoms with E-state index in [1.54, 1.807) is 0 Å². The van der Waals surface area contributed by atoms with E-state index in [-0.39, 0.29) is 5.79 Å². The number of rotatable bonds is 2. The Morgan fingerprint density at radius 2 is 2.08 bits per heavy atom. The number of ether oxygens (including phenoxy) is 2. The maximum atomic E-state index is 5.65. The molecule has 13 heavy (non-hydrogen) atoms. The Morgan fingerprint density at radius 3 is 2.77 bits per heavy atom. The van der Waals surface area contributed by atoms with Gasteiger partial charge in [-0.3, -0.25) is 4.90 Å². The van der Waals surface area contributed by atoms with Crippen LogP contribution in [0.4, 0.5) is 0 Å². The molecule has 0 aromatic rings. The van der Waals surface area contributed by atoms with Gasteiger partial charge in [-0.25, -0.2) is 0 Å². The first-order valence-electron chi connectivity index (χ1n) is 5.05. The first-order chi connectivity index (χ1) is 6.35. The predicted octanol–water partition coefficient (Wildman–Crippen LogP) is -0.216. The van der Waals surface area contributed by atoms with Gasteiger partial charge in [0.1, 0.15) is 0 Å². The lowest BCUT2D eigenvalue weighted by atomic mass is 10.0. The Hall–Kier alpha value is -0.160. The van der Waals surface area contributed by atoms with Gasteiger partial charge in [0, 0.05) is 19.5 Å². The largest absolute Gasteiger partial charge is 0.346 e. The molecule has 0 radical (unpaired) electrons. The molecule has 2 aliphatic rings. The molecule has 0 saturated carbocycles. The summed E-state index contributed by atoms with van der Waals surface area (Å²) in [5.74, 6) is -0.284. The summed E-state index contributed by atoms with van der Waals surface area (Å²) in [6.07, 6.45) is 2.19. The van der Waals surface area contributed by atoms with Crippen LogP contribution in [-0.2, 0) is 9.47 Å². The molecule has 2 saturated heterocycles. The smallest absolute Gasteiger partial charge is 0.181 e. The first kappa shape index (κ1) is 9.40. The van der Waals surface area contributed by atoms with E-state index >= 15 is 0 Å². The quantitative estimate of drug-likeness (QED) is 0.648. The molecule has 2 N–H and O–H groups in total. The second kappa shape index (κ2) is 3.92. The number of nitrogens with two attached hydrogens (primary N) is 1. The van der Waals surface area contributed by atoms with Crippen molar-refractivity contribution in [1.82, 2.24) is 4.90 Å². The molecule has 2 rings (SSSR count). The van der Waals surface area contributed by atoms with E-state index in [4.69, 9.17) is 15.2 Å². The zero-order valence-electron chi connectivity index (χ0n) is 8.00. The fourth-order valence-corrected chi connectivity index (χ4v) is 2.18. The number of hydrogen-bond donors (Lipinski definition) is 1. The highest BCUT2D eigenvalue weighted by Crippen LogP contribution is 2.29. The fraction of sp³-hybridized carbons (Fsp3) is 1.00. The Balaban J connectivity index is 1.90. The molecule has 0 aliphatic carbocycles. The van der Waals surface area contributed by atoms with Crippen LogP contribution in [0.25, 0.3) is 0 Å². The molecule has 0 aromatic carbocycles. The molecular weight excluding hydrogens is 168 g/mol. The zero-order chi connectivity index (χ0) is 9.15. The standard InChI is InChI=1S/C9H18N2O2/c10-3-5-11-4-1-2-9(8-11)12-6-7-13-9/h1-8,10H2. The fourth-order valence-electron chi connectivity index (χ4n) is 2.18. The molecular formula is C9H18N2O2. The van der Waals surface area contributed by atoms with Gasteiger partial charge in [0.05, 0.1) is 19.8 Å². The summed E-state index contributed by atoms with van der Waals surface area (Å²) < 4.78 is 11.3. The minimum atomic E-state index is -0.284. The van der Waals surface area contributed by atoms with E-state index < -0.39 is 0 Å². The molecule has 0 unspecified atom stereocenters. The van der Waals surface area contributed by atoms with Crippen LogP contribution in [0, 0.1) is 0 Å². The molecule has 4 heteroatoms. The van der Waals surface area contributed by atoms with Crippen LogP contribution in [0.2, 0.25) is 0 Å². The minimum absolute atomic E-state index is 0.284. The van der Waals surface area contributed by atoms with E-state index in [9.17, 15) is 0 Å². The van der Waals surface area contributed by atoms with E-state index in [1.165, 1.54) is 0 Å². The third kappa shape index (κ3) is 2.02. The Kier molecular flexibility index (Phi) is 2.83. The summed E-state index contributed by atoms with van der Waals surface area (Å²) in [6.45, 7) is 5.19. The van der Waals surface area contributed by atoms with Gasteiger partial charge in [-0.2, -0.15) is 0 Å². The Morgan fingerprint density at radius 1 is 1.31 bits per heavy atom. The maximum Gasteiger partial charge on any atom is 0.181 e. The average molecular weight is 186 g/mol. The number of nitrogens with zero attached hydrogens (tertiary/aromatic N) is 1. The maximum absolute atomic E-state index is 5.65. The lowest BCUT2D eigenvalue weighted by Gasteiger charge is -2.38. The summed E-state index contributed by atoms with van der Waals surface area (Å²) in [5.41, 5.74) is 5.52. The minimum Gasteiger partial charge on any atom is -0.346 e. The first-order valence-corrected chi connectivity index (χ1v) is 5.05. The van der Waals surface area contributed by atoms with Gasteiger partial charge >= 0.3 is 0 Å². The van der Waals surface area contributed by atoms with Crippen molar-refractivity contribution < 1.29 is 9.47 Å². The van der Waals surface area contributed by atoms with Gasteiger partial charge in [0.15, 0.2) is 5.79 Å². The van der Waals surface area contributed by atoms with Crippen molar-refractivity contribution in [3.8, 4) is 0 Å². The summed E-state index contributed by atoms with van der Waals surface area (Å²) >= 11 is 0. The third-order valence-corrected chi connectivity index (χ3v) is 2.76. The monoisotopic (exact) mass is 186 g/mol. The van der Waals surface area contributed by atoms with Crippen molar-refractivity contribution in [2.75, 3.05) is 39.4 Å². The van der Waals surface area contributed by atoms with Crippen LogP contribution in [0.5, 0.6) is 0 Å². The van der Waals surface area contributed by atoms with Crippen molar-refractivity contribution >= 4 is 0 Å². The van der Waals surface area contributed by atoms with Crippen LogP contribution < -0.4 is 5.73 Å². The van der Waals surface area contributed by atoms with E-state index in [1.807, 2.05) is 0 Å². The predicted molar refractivity (Wildman–Crippen MR) is 49.4 cm³/mol. The van der Waals surface area contributed by atoms with Crippen molar-refractivity contribution in [2.24, 2.45) is 5.73 Å². The molecule has 1 spiro atoms. The van der Waals surface area contributed by atoms with E-state index in [2.05, 4.69) is 4.90 Å². The summed E-state index contributed by atoms with van der Waals surface area (Å²) in [5, 5.41) is 0.